The van der Waals surface area contributed by atoms with Gasteiger partial charge in [-0.25, -0.2) is 9.48 Å². The summed E-state index contributed by atoms with van der Waals surface area (Å²) in [4.78, 5) is 18.4. The molecule has 1 aliphatic rings. The summed E-state index contributed by atoms with van der Waals surface area (Å²) in [5.74, 6) is 1.22. The van der Waals surface area contributed by atoms with Crippen molar-refractivity contribution < 1.29 is 14.1 Å². The van der Waals surface area contributed by atoms with Crippen LogP contribution in [-0.2, 0) is 11.3 Å². The van der Waals surface area contributed by atoms with Crippen molar-refractivity contribution in [2.45, 2.75) is 39.4 Å². The molecule has 0 aliphatic carbocycles. The van der Waals surface area contributed by atoms with Crippen LogP contribution in [0.15, 0.2) is 41.1 Å². The van der Waals surface area contributed by atoms with Crippen LogP contribution in [0.5, 0.6) is 0 Å². The molecule has 0 saturated carbocycles. The molecule has 3 heterocycles. The smallest absolute Gasteiger partial charge is 0.322 e. The predicted octanol–water partition coefficient (Wildman–Crippen LogP) is 3.12. The average molecular weight is 396 g/mol. The lowest BCUT2D eigenvalue weighted by Gasteiger charge is -2.38. The zero-order valence-corrected chi connectivity index (χ0v) is 16.7. The normalized spacial score (nSPS) is 14.3. The molecule has 9 heteroatoms. The molecular formula is C20H24N6O3. The Kier molecular flexibility index (Phi) is 5.30. The number of ether oxygens (including phenoxy) is 1. The number of aryl methyl sites for hydroxylation is 1. The number of urea groups is 1. The van der Waals surface area contributed by atoms with Gasteiger partial charge in [0.15, 0.2) is 5.82 Å². The van der Waals surface area contributed by atoms with E-state index in [1.54, 1.807) is 18.0 Å². The lowest BCUT2D eigenvalue weighted by Crippen LogP contribution is -2.56. The number of amides is 2. The highest BCUT2D eigenvalue weighted by Gasteiger charge is 2.32. The average Bonchev–Trinajstić information content (AvgIpc) is 3.27. The monoisotopic (exact) mass is 396 g/mol. The number of hydrogen-bond acceptors (Lipinski definition) is 6. The number of hydrogen-bond donors (Lipinski definition) is 1. The largest absolute Gasteiger partial charge is 0.365 e. The Hall–Kier alpha value is -3.20. The summed E-state index contributed by atoms with van der Waals surface area (Å²) in [6.45, 7) is 7.21. The van der Waals surface area contributed by atoms with Crippen LogP contribution in [0.25, 0.3) is 5.69 Å². The first-order valence-electron chi connectivity index (χ1n) is 9.61. The summed E-state index contributed by atoms with van der Waals surface area (Å²) < 4.78 is 12.6. The van der Waals surface area contributed by atoms with Gasteiger partial charge in [-0.3, -0.25) is 0 Å². The van der Waals surface area contributed by atoms with Gasteiger partial charge < -0.3 is 19.5 Å². The maximum Gasteiger partial charge on any atom is 0.322 e. The van der Waals surface area contributed by atoms with Crippen LogP contribution in [0.3, 0.4) is 0 Å². The van der Waals surface area contributed by atoms with Crippen molar-refractivity contribution in [3.05, 3.63) is 53.9 Å². The fourth-order valence-electron chi connectivity index (χ4n) is 3.28. The molecule has 1 N–H and O–H groups in total. The van der Waals surface area contributed by atoms with Crippen molar-refractivity contribution in [2.75, 3.05) is 18.4 Å². The predicted molar refractivity (Wildman–Crippen MR) is 106 cm³/mol. The number of para-hydroxylation sites is 1. The highest BCUT2D eigenvalue weighted by atomic mass is 16.5. The topological polar surface area (TPSA) is 98.3 Å². The lowest BCUT2D eigenvalue weighted by molar-refractivity contribution is -0.0496. The fraction of sp³-hybridized carbons (Fsp3) is 0.400. The molecule has 0 radical (unpaired) electrons. The van der Waals surface area contributed by atoms with E-state index in [4.69, 9.17) is 9.26 Å². The number of anilines is 1. The number of benzene rings is 1. The molecule has 2 aromatic heterocycles. The van der Waals surface area contributed by atoms with Gasteiger partial charge in [-0.1, -0.05) is 37.2 Å². The maximum atomic E-state index is 12.6. The number of nitrogens with one attached hydrogen (secondary N) is 1. The summed E-state index contributed by atoms with van der Waals surface area (Å²) >= 11 is 0. The maximum absolute atomic E-state index is 12.6. The van der Waals surface area contributed by atoms with Crippen molar-refractivity contribution in [3.63, 3.8) is 0 Å². The van der Waals surface area contributed by atoms with E-state index in [0.29, 0.717) is 24.8 Å². The third kappa shape index (κ3) is 4.14. The Morgan fingerprint density at radius 2 is 2.07 bits per heavy atom. The zero-order valence-electron chi connectivity index (χ0n) is 16.7. The number of rotatable bonds is 6. The van der Waals surface area contributed by atoms with Crippen LogP contribution in [0.4, 0.5) is 10.5 Å². The second-order valence-electron chi connectivity index (χ2n) is 7.35. The van der Waals surface area contributed by atoms with Crippen LogP contribution >= 0.6 is 0 Å². The molecule has 29 heavy (non-hydrogen) atoms. The van der Waals surface area contributed by atoms with Gasteiger partial charge >= 0.3 is 6.03 Å². The number of aromatic nitrogens is 4. The molecular weight excluding hydrogens is 372 g/mol. The number of carbonyl (C=O) groups is 1. The summed E-state index contributed by atoms with van der Waals surface area (Å²) in [6.07, 6.45) is 1.66. The summed E-state index contributed by atoms with van der Waals surface area (Å²) in [6, 6.07) is 9.73. The Labute approximate surface area is 168 Å². The van der Waals surface area contributed by atoms with Crippen molar-refractivity contribution in [2.24, 2.45) is 0 Å². The van der Waals surface area contributed by atoms with Gasteiger partial charge in [-0.05, 0) is 25.0 Å². The van der Waals surface area contributed by atoms with E-state index in [2.05, 4.69) is 34.4 Å². The number of carbonyl (C=O) groups excluding carboxylic acids is 1. The minimum Gasteiger partial charge on any atom is -0.365 e. The van der Waals surface area contributed by atoms with Crippen molar-refractivity contribution >= 4 is 11.7 Å². The lowest BCUT2D eigenvalue weighted by atomic mass is 10.1. The SMILES string of the molecule is Cc1noc(COC2CN(C(=O)Nc3cnn(-c4ccccc4)c3C(C)C)C2)n1. The van der Waals surface area contributed by atoms with E-state index >= 15 is 0 Å². The van der Waals surface area contributed by atoms with Crippen LogP contribution in [0.1, 0.15) is 37.2 Å². The molecule has 1 aromatic carbocycles. The molecule has 152 valence electrons. The highest BCUT2D eigenvalue weighted by molar-refractivity contribution is 5.90. The Morgan fingerprint density at radius 1 is 1.31 bits per heavy atom. The van der Waals surface area contributed by atoms with Crippen LogP contribution in [-0.4, -0.2) is 50.0 Å². The Morgan fingerprint density at radius 3 is 2.72 bits per heavy atom. The van der Waals surface area contributed by atoms with E-state index in [9.17, 15) is 4.79 Å². The molecule has 1 fully saturated rings. The van der Waals surface area contributed by atoms with E-state index in [-0.39, 0.29) is 24.7 Å². The van der Waals surface area contributed by atoms with Gasteiger partial charge in [-0.15, -0.1) is 0 Å². The van der Waals surface area contributed by atoms with Gasteiger partial charge in [0.1, 0.15) is 6.61 Å². The Bertz CT molecular complexity index is 975. The second-order valence-corrected chi connectivity index (χ2v) is 7.35. The van der Waals surface area contributed by atoms with Crippen molar-refractivity contribution in [3.8, 4) is 5.69 Å². The zero-order chi connectivity index (χ0) is 20.4. The first kappa shape index (κ1) is 19.1. The fourth-order valence-corrected chi connectivity index (χ4v) is 3.28. The van der Waals surface area contributed by atoms with E-state index in [1.165, 1.54) is 0 Å². The first-order chi connectivity index (χ1) is 14.0. The number of likely N-dealkylation sites (tertiary alicyclic amines) is 1. The number of nitrogens with zero attached hydrogens (tertiary/aromatic N) is 5. The van der Waals surface area contributed by atoms with Gasteiger partial charge in [0.25, 0.3) is 5.89 Å². The molecule has 0 unspecified atom stereocenters. The minimum absolute atomic E-state index is 0.0374. The van der Waals surface area contributed by atoms with Gasteiger partial charge in [0.05, 0.1) is 42.5 Å². The standard InChI is InChI=1S/C20H24N6O3/c1-13(2)19-17(9-21-26(19)15-7-5-4-6-8-15)23-20(27)25-10-16(11-25)28-12-18-22-14(3)24-29-18/h4-9,13,16H,10-12H2,1-3H3,(H,23,27). The molecule has 0 bridgehead atoms. The second kappa shape index (κ2) is 8.04. The van der Waals surface area contributed by atoms with Gasteiger partial charge in [0.2, 0.25) is 0 Å². The van der Waals surface area contributed by atoms with Crippen LogP contribution in [0.2, 0.25) is 0 Å². The third-order valence-corrected chi connectivity index (χ3v) is 4.74. The van der Waals surface area contributed by atoms with Crippen LogP contribution < -0.4 is 5.32 Å². The van der Waals surface area contributed by atoms with E-state index in [0.717, 1.165) is 17.1 Å². The van der Waals surface area contributed by atoms with Crippen molar-refractivity contribution in [1.29, 1.82) is 0 Å². The van der Waals surface area contributed by atoms with E-state index in [1.807, 2.05) is 35.0 Å². The quantitative estimate of drug-likeness (QED) is 0.687. The Balaban J connectivity index is 1.35. The first-order valence-corrected chi connectivity index (χ1v) is 9.61. The molecule has 0 atom stereocenters. The minimum atomic E-state index is -0.159. The molecule has 9 nitrogen and oxygen atoms in total. The summed E-state index contributed by atoms with van der Waals surface area (Å²) in [5.41, 5.74) is 2.65. The van der Waals surface area contributed by atoms with Crippen molar-refractivity contribution in [1.82, 2.24) is 24.8 Å². The van der Waals surface area contributed by atoms with E-state index < -0.39 is 0 Å². The highest BCUT2D eigenvalue weighted by Crippen LogP contribution is 2.27. The van der Waals surface area contributed by atoms with Gasteiger partial charge in [0, 0.05) is 0 Å². The molecule has 0 spiro atoms. The summed E-state index contributed by atoms with van der Waals surface area (Å²) in [7, 11) is 0. The molecule has 4 rings (SSSR count). The van der Waals surface area contributed by atoms with Gasteiger partial charge in [-0.2, -0.15) is 10.1 Å². The summed E-state index contributed by atoms with van der Waals surface area (Å²) in [5, 5.41) is 11.2. The third-order valence-electron chi connectivity index (χ3n) is 4.74. The molecule has 3 aromatic rings. The molecule has 1 saturated heterocycles. The molecule has 2 amide bonds. The molecule has 1 aliphatic heterocycles. The van der Waals surface area contributed by atoms with Crippen LogP contribution in [0, 0.1) is 6.92 Å².